The second kappa shape index (κ2) is 4.13. The summed E-state index contributed by atoms with van der Waals surface area (Å²) < 4.78 is 10.2. The van der Waals surface area contributed by atoms with Gasteiger partial charge in [0.15, 0.2) is 0 Å². The number of hydrogen-bond donors (Lipinski definition) is 1. The predicted molar refractivity (Wildman–Crippen MR) is 41.7 cm³/mol. The molecule has 0 unspecified atom stereocenters. The Hall–Kier alpha value is 0.170. The largest absolute Gasteiger partial charge is 0.382 e. The third-order valence-corrected chi connectivity index (χ3v) is 1.73. The summed E-state index contributed by atoms with van der Waals surface area (Å²) in [5, 5.41) is 3.13. The first kappa shape index (κ1) is 10.2. The van der Waals surface area contributed by atoms with Gasteiger partial charge in [-0.3, -0.25) is 0 Å². The van der Waals surface area contributed by atoms with Gasteiger partial charge in [0.1, 0.15) is 5.60 Å². The van der Waals surface area contributed by atoms with Gasteiger partial charge in [0.05, 0.1) is 6.61 Å². The monoisotopic (exact) mass is 167 g/mol. The van der Waals surface area contributed by atoms with E-state index in [0.717, 1.165) is 13.1 Å². The fourth-order valence-corrected chi connectivity index (χ4v) is 0.972. The van der Waals surface area contributed by atoms with Crippen molar-refractivity contribution in [1.82, 2.24) is 5.32 Å². The van der Waals surface area contributed by atoms with Gasteiger partial charge in [-0.2, -0.15) is 0 Å². The fourth-order valence-electron chi connectivity index (χ4n) is 0.972. The molecule has 3 nitrogen and oxygen atoms in total. The normalized spacial score (nSPS) is 21.0. The molecule has 0 bridgehead atoms. The number of methoxy groups -OCH3 is 2. The zero-order valence-corrected chi connectivity index (χ0v) is 7.16. The maximum atomic E-state index is 5.23. The van der Waals surface area contributed by atoms with Crippen molar-refractivity contribution in [2.45, 2.75) is 5.60 Å². The first-order chi connectivity index (χ1) is 4.33. The summed E-state index contributed by atoms with van der Waals surface area (Å²) in [6.07, 6.45) is 0. The Morgan fingerprint density at radius 3 is 2.10 bits per heavy atom. The summed E-state index contributed by atoms with van der Waals surface area (Å²) in [4.78, 5) is 0. The zero-order chi connectivity index (χ0) is 6.74. The van der Waals surface area contributed by atoms with Crippen LogP contribution in [0.2, 0.25) is 0 Å². The lowest BCUT2D eigenvalue weighted by molar-refractivity contribution is -0.0955. The number of nitrogens with one attached hydrogen (secondary N) is 1. The highest BCUT2D eigenvalue weighted by atomic mass is 35.5. The summed E-state index contributed by atoms with van der Waals surface area (Å²) in [5.41, 5.74) is -0.0191. The Balaban J connectivity index is 0.000000810. The molecule has 0 aromatic carbocycles. The van der Waals surface area contributed by atoms with E-state index in [1.165, 1.54) is 0 Å². The van der Waals surface area contributed by atoms with Crippen molar-refractivity contribution >= 4 is 12.4 Å². The highest BCUT2D eigenvalue weighted by molar-refractivity contribution is 5.85. The molecule has 0 saturated carbocycles. The quantitative estimate of drug-likeness (QED) is 0.644. The zero-order valence-electron chi connectivity index (χ0n) is 6.35. The van der Waals surface area contributed by atoms with Gasteiger partial charge in [-0.25, -0.2) is 0 Å². The third kappa shape index (κ3) is 1.83. The maximum Gasteiger partial charge on any atom is 0.116 e. The van der Waals surface area contributed by atoms with Crippen molar-refractivity contribution in [1.29, 1.82) is 0 Å². The van der Waals surface area contributed by atoms with E-state index in [1.54, 1.807) is 14.2 Å². The van der Waals surface area contributed by atoms with Crippen molar-refractivity contribution in [3.05, 3.63) is 0 Å². The Morgan fingerprint density at radius 1 is 1.40 bits per heavy atom. The van der Waals surface area contributed by atoms with Crippen LogP contribution >= 0.6 is 12.4 Å². The molecule has 0 aromatic rings. The molecule has 0 aromatic heterocycles. The molecular weight excluding hydrogens is 154 g/mol. The fraction of sp³-hybridized carbons (Fsp3) is 1.00. The van der Waals surface area contributed by atoms with Gasteiger partial charge in [-0.15, -0.1) is 12.4 Å². The Bertz CT molecular complexity index is 90.2. The highest BCUT2D eigenvalue weighted by Crippen LogP contribution is 2.14. The Labute approximate surface area is 67.5 Å². The van der Waals surface area contributed by atoms with Gasteiger partial charge in [0.25, 0.3) is 0 Å². The standard InChI is InChI=1S/C6H13NO2.ClH/c1-8-5-6(9-2)3-7-4-6;/h7H,3-5H2,1-2H3;1H. The molecule has 1 aliphatic heterocycles. The van der Waals surface area contributed by atoms with Gasteiger partial charge in [0, 0.05) is 27.3 Å². The van der Waals surface area contributed by atoms with Crippen molar-refractivity contribution in [3.8, 4) is 0 Å². The van der Waals surface area contributed by atoms with Gasteiger partial charge < -0.3 is 14.8 Å². The van der Waals surface area contributed by atoms with Gasteiger partial charge in [-0.1, -0.05) is 0 Å². The van der Waals surface area contributed by atoms with E-state index in [4.69, 9.17) is 9.47 Å². The molecule has 1 N–H and O–H groups in total. The smallest absolute Gasteiger partial charge is 0.116 e. The van der Waals surface area contributed by atoms with Crippen LogP contribution in [0, 0.1) is 0 Å². The highest BCUT2D eigenvalue weighted by Gasteiger charge is 2.36. The summed E-state index contributed by atoms with van der Waals surface area (Å²) in [6, 6.07) is 0. The van der Waals surface area contributed by atoms with E-state index in [9.17, 15) is 0 Å². The molecule has 1 rings (SSSR count). The molecule has 10 heavy (non-hydrogen) atoms. The van der Waals surface area contributed by atoms with Gasteiger partial charge in [-0.05, 0) is 0 Å². The van der Waals surface area contributed by atoms with E-state index in [0.29, 0.717) is 6.61 Å². The van der Waals surface area contributed by atoms with Crippen LogP contribution in [0.15, 0.2) is 0 Å². The van der Waals surface area contributed by atoms with Crippen molar-refractivity contribution in [2.24, 2.45) is 0 Å². The molecule has 4 heteroatoms. The lowest BCUT2D eigenvalue weighted by Crippen LogP contribution is -2.63. The van der Waals surface area contributed by atoms with Crippen molar-refractivity contribution in [3.63, 3.8) is 0 Å². The van der Waals surface area contributed by atoms with Gasteiger partial charge in [0.2, 0.25) is 0 Å². The minimum absolute atomic E-state index is 0. The molecule has 0 aliphatic carbocycles. The SMILES string of the molecule is COCC1(OC)CNC1.Cl. The molecule has 1 heterocycles. The van der Waals surface area contributed by atoms with Crippen LogP contribution in [0.1, 0.15) is 0 Å². The van der Waals surface area contributed by atoms with Crippen LogP contribution in [0.5, 0.6) is 0 Å². The average Bonchev–Trinajstić information content (AvgIpc) is 1.79. The van der Waals surface area contributed by atoms with Crippen LogP contribution in [0.4, 0.5) is 0 Å². The van der Waals surface area contributed by atoms with Crippen molar-refractivity contribution < 1.29 is 9.47 Å². The molecule has 0 spiro atoms. The number of ether oxygens (including phenoxy) is 2. The van der Waals surface area contributed by atoms with Crippen LogP contribution in [-0.2, 0) is 9.47 Å². The van der Waals surface area contributed by atoms with E-state index < -0.39 is 0 Å². The maximum absolute atomic E-state index is 5.23. The number of hydrogen-bond acceptors (Lipinski definition) is 3. The average molecular weight is 168 g/mol. The molecule has 0 radical (unpaired) electrons. The second-order valence-electron chi connectivity index (χ2n) is 2.42. The minimum Gasteiger partial charge on any atom is -0.382 e. The molecule has 0 atom stereocenters. The van der Waals surface area contributed by atoms with Crippen molar-refractivity contribution in [2.75, 3.05) is 33.9 Å². The second-order valence-corrected chi connectivity index (χ2v) is 2.42. The van der Waals surface area contributed by atoms with Crippen LogP contribution < -0.4 is 5.32 Å². The molecule has 1 saturated heterocycles. The number of halogens is 1. The van der Waals surface area contributed by atoms with E-state index >= 15 is 0 Å². The van der Waals surface area contributed by atoms with Crippen LogP contribution in [0.25, 0.3) is 0 Å². The lowest BCUT2D eigenvalue weighted by atomic mass is 9.98. The summed E-state index contributed by atoms with van der Waals surface area (Å²) in [7, 11) is 3.42. The summed E-state index contributed by atoms with van der Waals surface area (Å²) >= 11 is 0. The summed E-state index contributed by atoms with van der Waals surface area (Å²) in [6.45, 7) is 2.52. The first-order valence-corrected chi connectivity index (χ1v) is 3.08. The molecule has 62 valence electrons. The number of rotatable bonds is 3. The predicted octanol–water partition coefficient (Wildman–Crippen LogP) is 0.0430. The Kier molecular flexibility index (Phi) is 4.20. The molecule has 1 fully saturated rings. The lowest BCUT2D eigenvalue weighted by Gasteiger charge is -2.40. The molecule has 0 amide bonds. The minimum atomic E-state index is -0.0191. The van der Waals surface area contributed by atoms with E-state index in [1.807, 2.05) is 0 Å². The van der Waals surface area contributed by atoms with E-state index in [-0.39, 0.29) is 18.0 Å². The first-order valence-electron chi connectivity index (χ1n) is 3.08. The van der Waals surface area contributed by atoms with Crippen LogP contribution in [0.3, 0.4) is 0 Å². The van der Waals surface area contributed by atoms with E-state index in [2.05, 4.69) is 5.32 Å². The molecule has 1 aliphatic rings. The molecular formula is C6H14ClNO2. The van der Waals surface area contributed by atoms with Gasteiger partial charge >= 0.3 is 0 Å². The van der Waals surface area contributed by atoms with Crippen LogP contribution in [-0.4, -0.2) is 39.5 Å². The Morgan fingerprint density at radius 2 is 2.00 bits per heavy atom. The summed E-state index contributed by atoms with van der Waals surface area (Å²) in [5.74, 6) is 0. The topological polar surface area (TPSA) is 30.5 Å². The third-order valence-electron chi connectivity index (χ3n) is 1.73.